The summed E-state index contributed by atoms with van der Waals surface area (Å²) in [6.07, 6.45) is 11.1. The van der Waals surface area contributed by atoms with Gasteiger partial charge in [0.1, 0.15) is 11.6 Å². The number of likely N-dealkylation sites (tertiary alicyclic amines) is 2. The van der Waals surface area contributed by atoms with Crippen LogP contribution in [-0.2, 0) is 0 Å². The Labute approximate surface area is 213 Å². The fraction of sp³-hybridized carbons (Fsp3) is 0.593. The van der Waals surface area contributed by atoms with Gasteiger partial charge >= 0.3 is 6.03 Å². The molecule has 2 aromatic rings. The van der Waals surface area contributed by atoms with Crippen molar-refractivity contribution in [3.8, 4) is 0 Å². The Kier molecular flexibility index (Phi) is 8.15. The van der Waals surface area contributed by atoms with Crippen molar-refractivity contribution in [2.75, 3.05) is 54.8 Å². The van der Waals surface area contributed by atoms with Crippen molar-refractivity contribution in [1.29, 1.82) is 0 Å². The highest BCUT2D eigenvalue weighted by atomic mass is 19.1. The minimum atomic E-state index is -0.348. The molecule has 8 nitrogen and oxygen atoms in total. The molecule has 1 atom stereocenters. The summed E-state index contributed by atoms with van der Waals surface area (Å²) in [4.78, 5) is 28.8. The molecular formula is C27H38FN7O. The normalized spacial score (nSPS) is 22.2. The van der Waals surface area contributed by atoms with Gasteiger partial charge in [-0.2, -0.15) is 4.98 Å². The molecule has 1 unspecified atom stereocenters. The van der Waals surface area contributed by atoms with E-state index in [2.05, 4.69) is 25.4 Å². The monoisotopic (exact) mass is 495 g/mol. The van der Waals surface area contributed by atoms with Crippen LogP contribution in [-0.4, -0.2) is 77.2 Å². The lowest BCUT2D eigenvalue weighted by atomic mass is 9.98. The summed E-state index contributed by atoms with van der Waals surface area (Å²) >= 11 is 0. The number of benzene rings is 1. The van der Waals surface area contributed by atoms with Gasteiger partial charge in [-0.05, 0) is 69.3 Å². The highest BCUT2D eigenvalue weighted by Gasteiger charge is 2.30. The molecule has 3 aliphatic heterocycles. The molecule has 3 aliphatic rings. The first kappa shape index (κ1) is 24.7. The Bertz CT molecular complexity index is 1010. The Balaban J connectivity index is 1.11. The number of nitrogens with zero attached hydrogens (tertiary/aromatic N) is 5. The van der Waals surface area contributed by atoms with E-state index in [0.29, 0.717) is 30.9 Å². The third-order valence-corrected chi connectivity index (χ3v) is 7.70. The lowest BCUT2D eigenvalue weighted by Gasteiger charge is -2.42. The van der Waals surface area contributed by atoms with Crippen molar-refractivity contribution in [2.24, 2.45) is 0 Å². The fourth-order valence-corrected chi connectivity index (χ4v) is 5.74. The molecule has 9 heteroatoms. The molecule has 0 saturated carbocycles. The molecule has 4 heterocycles. The molecule has 0 bridgehead atoms. The summed E-state index contributed by atoms with van der Waals surface area (Å²) in [7, 11) is 0. The molecule has 0 radical (unpaired) electrons. The summed E-state index contributed by atoms with van der Waals surface area (Å²) in [5, 5.41) is 6.43. The van der Waals surface area contributed by atoms with Gasteiger partial charge in [0.2, 0.25) is 5.95 Å². The number of urea groups is 1. The molecule has 1 aromatic carbocycles. The standard InChI is InChI=1S/C27H38FN7O/c28-21-7-5-8-22(19-21)31-27(36)34-17-11-24(12-18-34)35-16-6-9-23(20-35)30-26-29-13-10-25(32-26)33-14-3-1-2-4-15-33/h5,7-8,10,13,19,23-24H,1-4,6,9,11-12,14-18,20H2,(H,31,36)(H,29,30,32). The van der Waals surface area contributed by atoms with E-state index in [0.717, 1.165) is 63.6 Å². The van der Waals surface area contributed by atoms with E-state index in [4.69, 9.17) is 4.98 Å². The minimum absolute atomic E-state index is 0.154. The largest absolute Gasteiger partial charge is 0.356 e. The van der Waals surface area contributed by atoms with Crippen molar-refractivity contribution in [2.45, 2.75) is 63.5 Å². The SMILES string of the molecule is O=C(Nc1cccc(F)c1)N1CCC(N2CCCC(Nc3nccc(N4CCCCCC4)n3)C2)CC1. The van der Waals surface area contributed by atoms with Gasteiger partial charge in [-0.15, -0.1) is 0 Å². The van der Waals surface area contributed by atoms with Gasteiger partial charge in [0.25, 0.3) is 0 Å². The predicted molar refractivity (Wildman–Crippen MR) is 141 cm³/mol. The zero-order chi connectivity index (χ0) is 24.7. The smallest absolute Gasteiger partial charge is 0.321 e. The minimum Gasteiger partial charge on any atom is -0.356 e. The molecule has 5 rings (SSSR count). The van der Waals surface area contributed by atoms with E-state index in [1.165, 1.54) is 37.8 Å². The molecule has 3 saturated heterocycles. The zero-order valence-corrected chi connectivity index (χ0v) is 21.0. The van der Waals surface area contributed by atoms with Crippen molar-refractivity contribution in [3.05, 3.63) is 42.3 Å². The number of halogens is 1. The van der Waals surface area contributed by atoms with E-state index in [-0.39, 0.29) is 11.8 Å². The van der Waals surface area contributed by atoms with Crippen molar-refractivity contribution >= 4 is 23.5 Å². The average molecular weight is 496 g/mol. The van der Waals surface area contributed by atoms with Crippen molar-refractivity contribution in [1.82, 2.24) is 19.8 Å². The second-order valence-electron chi connectivity index (χ2n) is 10.3. The van der Waals surface area contributed by atoms with Crippen LogP contribution in [0.5, 0.6) is 0 Å². The Morgan fingerprint density at radius 3 is 2.53 bits per heavy atom. The molecule has 1 aromatic heterocycles. The van der Waals surface area contributed by atoms with Crippen LogP contribution in [0.1, 0.15) is 51.4 Å². The van der Waals surface area contributed by atoms with Crippen LogP contribution in [0.4, 0.5) is 26.6 Å². The number of carbonyl (C=O) groups is 1. The third-order valence-electron chi connectivity index (χ3n) is 7.70. The first-order chi connectivity index (χ1) is 17.6. The third kappa shape index (κ3) is 6.43. The van der Waals surface area contributed by atoms with E-state index >= 15 is 0 Å². The first-order valence-corrected chi connectivity index (χ1v) is 13.5. The fourth-order valence-electron chi connectivity index (χ4n) is 5.74. The number of rotatable bonds is 5. The molecule has 0 aliphatic carbocycles. The molecular weight excluding hydrogens is 457 g/mol. The van der Waals surface area contributed by atoms with E-state index in [1.807, 2.05) is 17.2 Å². The Hall–Kier alpha value is -2.94. The van der Waals surface area contributed by atoms with Gasteiger partial charge in [-0.3, -0.25) is 4.90 Å². The maximum Gasteiger partial charge on any atom is 0.321 e. The molecule has 0 spiro atoms. The van der Waals surface area contributed by atoms with Crippen LogP contribution in [0.25, 0.3) is 0 Å². The van der Waals surface area contributed by atoms with Crippen molar-refractivity contribution < 1.29 is 9.18 Å². The van der Waals surface area contributed by atoms with Gasteiger partial charge < -0.3 is 20.4 Å². The number of nitrogens with one attached hydrogen (secondary N) is 2. The molecule has 2 N–H and O–H groups in total. The van der Waals surface area contributed by atoms with Crippen LogP contribution < -0.4 is 15.5 Å². The van der Waals surface area contributed by atoms with Gasteiger partial charge in [0.15, 0.2) is 0 Å². The van der Waals surface area contributed by atoms with Crippen LogP contribution >= 0.6 is 0 Å². The van der Waals surface area contributed by atoms with E-state index in [9.17, 15) is 9.18 Å². The summed E-state index contributed by atoms with van der Waals surface area (Å²) in [5.74, 6) is 1.41. The summed E-state index contributed by atoms with van der Waals surface area (Å²) in [5.41, 5.74) is 0.495. The number of piperidine rings is 2. The lowest BCUT2D eigenvalue weighted by Crippen LogP contribution is -2.52. The predicted octanol–water partition coefficient (Wildman–Crippen LogP) is 4.57. The Morgan fingerprint density at radius 1 is 0.944 bits per heavy atom. The summed E-state index contributed by atoms with van der Waals surface area (Å²) < 4.78 is 13.4. The first-order valence-electron chi connectivity index (χ1n) is 13.5. The van der Waals surface area contributed by atoms with Crippen LogP contribution in [0.3, 0.4) is 0 Å². The zero-order valence-electron chi connectivity index (χ0n) is 21.0. The topological polar surface area (TPSA) is 76.6 Å². The summed E-state index contributed by atoms with van der Waals surface area (Å²) in [6.45, 7) is 5.63. The highest BCUT2D eigenvalue weighted by molar-refractivity contribution is 5.89. The van der Waals surface area contributed by atoms with Gasteiger partial charge in [0, 0.05) is 56.7 Å². The van der Waals surface area contributed by atoms with Gasteiger partial charge in [-0.25, -0.2) is 14.2 Å². The molecule has 3 fully saturated rings. The number of carbonyl (C=O) groups excluding carboxylic acids is 1. The molecule has 36 heavy (non-hydrogen) atoms. The van der Waals surface area contributed by atoms with Crippen LogP contribution in [0.15, 0.2) is 36.5 Å². The van der Waals surface area contributed by atoms with Gasteiger partial charge in [0.05, 0.1) is 0 Å². The number of anilines is 3. The number of amides is 2. The average Bonchev–Trinajstić information content (AvgIpc) is 3.19. The second-order valence-corrected chi connectivity index (χ2v) is 10.3. The molecule has 2 amide bonds. The second kappa shape index (κ2) is 11.9. The van der Waals surface area contributed by atoms with Crippen LogP contribution in [0, 0.1) is 5.82 Å². The number of hydrogen-bond acceptors (Lipinski definition) is 6. The number of hydrogen-bond donors (Lipinski definition) is 2. The van der Waals surface area contributed by atoms with E-state index in [1.54, 1.807) is 12.1 Å². The highest BCUT2D eigenvalue weighted by Crippen LogP contribution is 2.24. The Morgan fingerprint density at radius 2 is 1.75 bits per heavy atom. The maximum absolute atomic E-state index is 13.4. The van der Waals surface area contributed by atoms with Crippen molar-refractivity contribution in [3.63, 3.8) is 0 Å². The maximum atomic E-state index is 13.4. The summed E-state index contributed by atoms with van der Waals surface area (Å²) in [6, 6.07) is 8.71. The van der Waals surface area contributed by atoms with E-state index < -0.39 is 0 Å². The lowest BCUT2D eigenvalue weighted by molar-refractivity contribution is 0.0997. The molecule has 194 valence electrons. The van der Waals surface area contributed by atoms with Crippen LogP contribution in [0.2, 0.25) is 0 Å². The van der Waals surface area contributed by atoms with Gasteiger partial charge in [-0.1, -0.05) is 18.9 Å². The number of aromatic nitrogens is 2. The quantitative estimate of drug-likeness (QED) is 0.633.